The number of nitro groups is 1. The van der Waals surface area contributed by atoms with Gasteiger partial charge in [-0.05, 0) is 26.6 Å². The Balaban J connectivity index is 1.88. The third-order valence-corrected chi connectivity index (χ3v) is 4.81. The number of thiazole rings is 1. The summed E-state index contributed by atoms with van der Waals surface area (Å²) in [6.07, 6.45) is 1.13. The lowest BCUT2D eigenvalue weighted by atomic mass is 10.2. The van der Waals surface area contributed by atoms with E-state index in [-0.39, 0.29) is 10.6 Å². The number of likely N-dealkylation sites (N-methyl/N-ethyl adjacent to an activating group) is 1. The molecule has 0 saturated carbocycles. The van der Waals surface area contributed by atoms with Crippen LogP contribution in [-0.4, -0.2) is 48.0 Å². The number of fused-ring (bicyclic) bond motifs is 1. The minimum Gasteiger partial charge on any atom is -0.346 e. The minimum atomic E-state index is -0.364. The largest absolute Gasteiger partial charge is 0.346 e. The zero-order chi connectivity index (χ0) is 14.3. The third kappa shape index (κ3) is 2.34. The van der Waals surface area contributed by atoms with E-state index in [0.717, 1.165) is 34.9 Å². The van der Waals surface area contributed by atoms with Crippen LogP contribution in [0.3, 0.4) is 0 Å². The Morgan fingerprint density at radius 1 is 1.50 bits per heavy atom. The van der Waals surface area contributed by atoms with Gasteiger partial charge in [-0.1, -0.05) is 11.3 Å². The molecule has 0 aliphatic carbocycles. The van der Waals surface area contributed by atoms with Crippen molar-refractivity contribution in [2.75, 3.05) is 32.1 Å². The van der Waals surface area contributed by atoms with Crippen molar-refractivity contribution in [2.45, 2.75) is 12.5 Å². The highest BCUT2D eigenvalue weighted by molar-refractivity contribution is 7.22. The molecule has 0 spiro atoms. The second-order valence-corrected chi connectivity index (χ2v) is 6.27. The predicted octanol–water partition coefficient (Wildman–Crippen LogP) is 2.34. The molecule has 2 aromatic rings. The summed E-state index contributed by atoms with van der Waals surface area (Å²) in [6.45, 7) is 1.96. The molecule has 1 atom stereocenters. The lowest BCUT2D eigenvalue weighted by Crippen LogP contribution is -2.31. The summed E-state index contributed by atoms with van der Waals surface area (Å²) in [6, 6.07) is 5.40. The quantitative estimate of drug-likeness (QED) is 0.642. The van der Waals surface area contributed by atoms with Gasteiger partial charge in [0, 0.05) is 31.3 Å². The molecule has 0 radical (unpaired) electrons. The lowest BCUT2D eigenvalue weighted by molar-refractivity contribution is -0.384. The van der Waals surface area contributed by atoms with E-state index in [0.29, 0.717) is 6.04 Å². The number of hydrogen-bond acceptors (Lipinski definition) is 6. The number of nitrogens with zero attached hydrogens (tertiary/aromatic N) is 4. The summed E-state index contributed by atoms with van der Waals surface area (Å²) in [4.78, 5) is 19.5. The molecule has 0 amide bonds. The second-order valence-electron chi connectivity index (χ2n) is 5.26. The molecule has 0 bridgehead atoms. The van der Waals surface area contributed by atoms with Crippen LogP contribution in [0.5, 0.6) is 0 Å². The van der Waals surface area contributed by atoms with Crippen LogP contribution in [0, 0.1) is 10.1 Å². The molecule has 6 nitrogen and oxygen atoms in total. The van der Waals surface area contributed by atoms with Crippen LogP contribution in [0.1, 0.15) is 6.42 Å². The van der Waals surface area contributed by atoms with Crippen molar-refractivity contribution in [1.82, 2.24) is 9.88 Å². The van der Waals surface area contributed by atoms with Crippen molar-refractivity contribution in [1.29, 1.82) is 0 Å². The number of rotatable bonds is 3. The molecule has 3 rings (SSSR count). The van der Waals surface area contributed by atoms with Gasteiger partial charge in [0.2, 0.25) is 0 Å². The smallest absolute Gasteiger partial charge is 0.270 e. The predicted molar refractivity (Wildman–Crippen MR) is 80.6 cm³/mol. The molecule has 0 N–H and O–H groups in total. The van der Waals surface area contributed by atoms with Crippen molar-refractivity contribution >= 4 is 32.4 Å². The Morgan fingerprint density at radius 3 is 2.95 bits per heavy atom. The molecule has 1 aromatic heterocycles. The molecule has 1 aliphatic heterocycles. The average molecular weight is 292 g/mol. The Morgan fingerprint density at radius 2 is 2.30 bits per heavy atom. The van der Waals surface area contributed by atoms with Gasteiger partial charge in [-0.3, -0.25) is 10.1 Å². The number of non-ortho nitro benzene ring substituents is 1. The van der Waals surface area contributed by atoms with Crippen molar-refractivity contribution in [3.63, 3.8) is 0 Å². The standard InChI is InChI=1S/C13H16N4O2S/c1-15(2)10-5-6-16(8-10)13-14-11-4-3-9(17(18)19)7-12(11)20-13/h3-4,7,10H,5-6,8H2,1-2H3/t10-/m1/s1. The van der Waals surface area contributed by atoms with Crippen molar-refractivity contribution in [3.8, 4) is 0 Å². The van der Waals surface area contributed by atoms with Crippen molar-refractivity contribution in [3.05, 3.63) is 28.3 Å². The summed E-state index contributed by atoms with van der Waals surface area (Å²) in [5, 5.41) is 11.8. The third-order valence-electron chi connectivity index (χ3n) is 3.74. The van der Waals surface area contributed by atoms with E-state index in [4.69, 9.17) is 0 Å². The zero-order valence-corrected chi connectivity index (χ0v) is 12.3. The first-order valence-electron chi connectivity index (χ1n) is 6.51. The number of hydrogen-bond donors (Lipinski definition) is 0. The summed E-state index contributed by atoms with van der Waals surface area (Å²) >= 11 is 1.53. The van der Waals surface area contributed by atoms with Crippen LogP contribution in [-0.2, 0) is 0 Å². The van der Waals surface area contributed by atoms with E-state index in [2.05, 4.69) is 28.9 Å². The monoisotopic (exact) mass is 292 g/mol. The Kier molecular flexibility index (Phi) is 3.31. The molecule has 1 saturated heterocycles. The minimum absolute atomic E-state index is 0.125. The van der Waals surface area contributed by atoms with Crippen molar-refractivity contribution in [2.24, 2.45) is 0 Å². The Labute approximate surface area is 120 Å². The van der Waals surface area contributed by atoms with E-state index in [1.54, 1.807) is 12.1 Å². The van der Waals surface area contributed by atoms with Gasteiger partial charge in [0.25, 0.3) is 5.69 Å². The van der Waals surface area contributed by atoms with Crippen LogP contribution < -0.4 is 4.90 Å². The van der Waals surface area contributed by atoms with Gasteiger partial charge in [-0.25, -0.2) is 4.98 Å². The second kappa shape index (κ2) is 4.99. The van der Waals surface area contributed by atoms with E-state index in [1.165, 1.54) is 17.4 Å². The molecular weight excluding hydrogens is 276 g/mol. The first-order chi connectivity index (χ1) is 9.54. The summed E-state index contributed by atoms with van der Waals surface area (Å²) in [7, 11) is 4.19. The highest BCUT2D eigenvalue weighted by atomic mass is 32.1. The number of aromatic nitrogens is 1. The van der Waals surface area contributed by atoms with Crippen LogP contribution in [0.15, 0.2) is 18.2 Å². The maximum atomic E-state index is 10.8. The Bertz CT molecular complexity index is 655. The highest BCUT2D eigenvalue weighted by Gasteiger charge is 2.26. The first kappa shape index (κ1) is 13.3. The number of anilines is 1. The fourth-order valence-corrected chi connectivity index (χ4v) is 3.52. The maximum Gasteiger partial charge on any atom is 0.270 e. The van der Waals surface area contributed by atoms with Crippen LogP contribution in [0.4, 0.5) is 10.8 Å². The fraction of sp³-hybridized carbons (Fsp3) is 0.462. The van der Waals surface area contributed by atoms with Crippen molar-refractivity contribution < 1.29 is 4.92 Å². The number of benzene rings is 1. The molecule has 7 heteroatoms. The van der Waals surface area contributed by atoms with Gasteiger partial charge in [-0.15, -0.1) is 0 Å². The average Bonchev–Trinajstić information content (AvgIpc) is 3.04. The van der Waals surface area contributed by atoms with E-state index in [9.17, 15) is 10.1 Å². The number of nitro benzene ring substituents is 1. The molecule has 1 aromatic carbocycles. The normalized spacial score (nSPS) is 19.1. The van der Waals surface area contributed by atoms with Gasteiger partial charge in [0.05, 0.1) is 15.1 Å². The molecule has 1 aliphatic rings. The summed E-state index contributed by atoms with van der Waals surface area (Å²) < 4.78 is 0.877. The summed E-state index contributed by atoms with van der Waals surface area (Å²) in [5.74, 6) is 0. The van der Waals surface area contributed by atoms with Gasteiger partial charge in [0.1, 0.15) is 0 Å². The van der Waals surface area contributed by atoms with Crippen LogP contribution in [0.25, 0.3) is 10.2 Å². The highest BCUT2D eigenvalue weighted by Crippen LogP contribution is 2.33. The molecule has 106 valence electrons. The maximum absolute atomic E-state index is 10.8. The SMILES string of the molecule is CN(C)[C@@H]1CCN(c2nc3ccc([N+](=O)[O-])cc3s2)C1. The topological polar surface area (TPSA) is 62.5 Å². The van der Waals surface area contributed by atoms with Gasteiger partial charge in [0.15, 0.2) is 5.13 Å². The Hall–Kier alpha value is -1.73. The van der Waals surface area contributed by atoms with Crippen LogP contribution >= 0.6 is 11.3 Å². The van der Waals surface area contributed by atoms with E-state index >= 15 is 0 Å². The van der Waals surface area contributed by atoms with E-state index < -0.39 is 0 Å². The molecular formula is C13H16N4O2S. The molecule has 0 unspecified atom stereocenters. The summed E-state index contributed by atoms with van der Waals surface area (Å²) in [5.41, 5.74) is 0.962. The molecule has 1 fully saturated rings. The van der Waals surface area contributed by atoms with Gasteiger partial charge >= 0.3 is 0 Å². The van der Waals surface area contributed by atoms with E-state index in [1.807, 2.05) is 0 Å². The van der Waals surface area contributed by atoms with Crippen LogP contribution in [0.2, 0.25) is 0 Å². The molecule has 2 heterocycles. The molecule has 20 heavy (non-hydrogen) atoms. The van der Waals surface area contributed by atoms with Gasteiger partial charge in [-0.2, -0.15) is 0 Å². The lowest BCUT2D eigenvalue weighted by Gasteiger charge is -2.19. The fourth-order valence-electron chi connectivity index (χ4n) is 2.49. The first-order valence-corrected chi connectivity index (χ1v) is 7.32. The van der Waals surface area contributed by atoms with Gasteiger partial charge < -0.3 is 9.80 Å². The zero-order valence-electron chi connectivity index (χ0n) is 11.4.